The Bertz CT molecular complexity index is 1660. The summed E-state index contributed by atoms with van der Waals surface area (Å²) in [6.45, 7) is 3.51. The summed E-state index contributed by atoms with van der Waals surface area (Å²) in [6.07, 6.45) is 8.39. The van der Waals surface area contributed by atoms with Crippen LogP contribution in [0.1, 0.15) is 36.6 Å². The lowest BCUT2D eigenvalue weighted by Gasteiger charge is -2.42. The molecule has 0 radical (unpaired) electrons. The average Bonchev–Trinajstić information content (AvgIpc) is 3.44. The maximum atomic E-state index is 15.2. The first-order valence-electron chi connectivity index (χ1n) is 14.9. The lowest BCUT2D eigenvalue weighted by molar-refractivity contribution is -0.0118. The van der Waals surface area contributed by atoms with E-state index in [-0.39, 0.29) is 62.0 Å². The number of hydrogen-bond donors (Lipinski definition) is 4. The molecule has 2 aliphatic rings. The van der Waals surface area contributed by atoms with Crippen LogP contribution in [0.5, 0.6) is 0 Å². The first-order chi connectivity index (χ1) is 21.8. The van der Waals surface area contributed by atoms with Crippen molar-refractivity contribution in [3.8, 4) is 0 Å². The quantitative estimate of drug-likeness (QED) is 0.222. The Kier molecular flexibility index (Phi) is 10.2. The highest BCUT2D eigenvalue weighted by Crippen LogP contribution is 2.38. The van der Waals surface area contributed by atoms with Crippen molar-refractivity contribution >= 4 is 38.9 Å². The predicted octanol–water partition coefficient (Wildman–Crippen LogP) is 4.10. The van der Waals surface area contributed by atoms with Crippen LogP contribution in [-0.4, -0.2) is 86.1 Å². The van der Waals surface area contributed by atoms with Crippen LogP contribution in [-0.2, 0) is 25.0 Å². The molecule has 11 nitrogen and oxygen atoms in total. The van der Waals surface area contributed by atoms with Gasteiger partial charge in [0.1, 0.15) is 27.1 Å². The molecule has 1 aromatic carbocycles. The topological polar surface area (TPSA) is 159 Å². The summed E-state index contributed by atoms with van der Waals surface area (Å²) in [7, 11) is -3.14. The summed E-state index contributed by atoms with van der Waals surface area (Å²) in [5.74, 6) is -1.70. The van der Waals surface area contributed by atoms with E-state index >= 15 is 4.39 Å². The number of alkyl halides is 1. The molecule has 4 heterocycles. The molecule has 0 aliphatic carbocycles. The smallest absolute Gasteiger partial charge is 0.205 e. The van der Waals surface area contributed by atoms with Gasteiger partial charge in [-0.15, -0.1) is 0 Å². The molecule has 0 unspecified atom stereocenters. The van der Waals surface area contributed by atoms with Crippen molar-refractivity contribution in [1.29, 1.82) is 5.41 Å². The van der Waals surface area contributed by atoms with E-state index in [1.807, 2.05) is 13.0 Å². The Hall–Kier alpha value is -3.79. The van der Waals surface area contributed by atoms with Crippen LogP contribution in [0.3, 0.4) is 0 Å². The highest BCUT2D eigenvalue weighted by atomic mass is 32.2. The number of benzene rings is 1. The first kappa shape index (κ1) is 33.6. The SMILES string of the molecule is C[C@H]1CN(c2ccncc2Nc2ncc(/C=C\C(=N)c3c(F)cc(C4(F)CCOCC4)cc3F)[nH]2)C[C@@H](N)[C@H]1OCCS(C)(=O)=O. The zero-order chi connectivity index (χ0) is 33.1. The molecule has 2 aromatic heterocycles. The number of nitrogens with zero attached hydrogens (tertiary/aromatic N) is 3. The van der Waals surface area contributed by atoms with Gasteiger partial charge in [0.05, 0.1) is 59.2 Å². The number of sulfone groups is 1. The van der Waals surface area contributed by atoms with Gasteiger partial charge in [0.15, 0.2) is 0 Å². The van der Waals surface area contributed by atoms with Gasteiger partial charge in [-0.2, -0.15) is 0 Å². The Labute approximate surface area is 265 Å². The molecule has 3 aromatic rings. The summed E-state index contributed by atoms with van der Waals surface area (Å²) in [4.78, 5) is 13.7. The number of aromatic nitrogens is 3. The third-order valence-electron chi connectivity index (χ3n) is 8.22. The van der Waals surface area contributed by atoms with Crippen LogP contribution in [0, 0.1) is 23.0 Å². The molecular formula is C31H38F3N7O4S. The van der Waals surface area contributed by atoms with Crippen LogP contribution in [0.2, 0.25) is 0 Å². The van der Waals surface area contributed by atoms with Crippen LogP contribution in [0.25, 0.3) is 6.08 Å². The second-order valence-corrected chi connectivity index (χ2v) is 14.1. The molecular weight excluding hydrogens is 623 g/mol. The highest BCUT2D eigenvalue weighted by Gasteiger charge is 2.36. The number of halogens is 3. The van der Waals surface area contributed by atoms with E-state index in [4.69, 9.17) is 20.6 Å². The van der Waals surface area contributed by atoms with E-state index < -0.39 is 38.4 Å². The summed E-state index contributed by atoms with van der Waals surface area (Å²) < 4.78 is 79.1. The van der Waals surface area contributed by atoms with E-state index in [1.165, 1.54) is 24.6 Å². The molecule has 248 valence electrons. The molecule has 0 amide bonds. The van der Waals surface area contributed by atoms with Gasteiger partial charge in [0, 0.05) is 63.6 Å². The number of rotatable bonds is 11. The largest absolute Gasteiger partial charge is 0.381 e. The molecule has 5 rings (SSSR count). The van der Waals surface area contributed by atoms with Gasteiger partial charge in [-0.25, -0.2) is 26.6 Å². The number of anilines is 3. The molecule has 0 spiro atoms. The van der Waals surface area contributed by atoms with Crippen molar-refractivity contribution in [1.82, 2.24) is 15.0 Å². The van der Waals surface area contributed by atoms with Crippen LogP contribution >= 0.6 is 0 Å². The van der Waals surface area contributed by atoms with E-state index in [0.717, 1.165) is 17.8 Å². The third kappa shape index (κ3) is 7.94. The monoisotopic (exact) mass is 661 g/mol. The number of nitrogens with one attached hydrogen (secondary N) is 3. The Morgan fingerprint density at radius 2 is 1.98 bits per heavy atom. The maximum Gasteiger partial charge on any atom is 0.205 e. The molecule has 46 heavy (non-hydrogen) atoms. The molecule has 2 saturated heterocycles. The lowest BCUT2D eigenvalue weighted by Crippen LogP contribution is -2.57. The minimum atomic E-state index is -3.14. The summed E-state index contributed by atoms with van der Waals surface area (Å²) >= 11 is 0. The van der Waals surface area contributed by atoms with E-state index in [1.54, 1.807) is 12.4 Å². The number of aromatic amines is 1. The van der Waals surface area contributed by atoms with Crippen molar-refractivity contribution in [3.63, 3.8) is 0 Å². The molecule has 5 N–H and O–H groups in total. The van der Waals surface area contributed by atoms with Gasteiger partial charge < -0.3 is 35.8 Å². The number of ether oxygens (including phenoxy) is 2. The number of allylic oxidation sites excluding steroid dienone is 1. The predicted molar refractivity (Wildman–Crippen MR) is 170 cm³/mol. The zero-order valence-electron chi connectivity index (χ0n) is 25.6. The van der Waals surface area contributed by atoms with Gasteiger partial charge in [0.2, 0.25) is 5.95 Å². The zero-order valence-corrected chi connectivity index (χ0v) is 26.4. The summed E-state index contributed by atoms with van der Waals surface area (Å²) in [5.41, 5.74) is 5.45. The van der Waals surface area contributed by atoms with Crippen LogP contribution < -0.4 is 16.0 Å². The van der Waals surface area contributed by atoms with Crippen molar-refractivity contribution in [2.24, 2.45) is 11.7 Å². The molecule has 2 fully saturated rings. The van der Waals surface area contributed by atoms with Gasteiger partial charge in [-0.3, -0.25) is 4.98 Å². The van der Waals surface area contributed by atoms with Crippen molar-refractivity contribution in [2.45, 2.75) is 37.6 Å². The normalized spacial score (nSPS) is 21.9. The average molecular weight is 662 g/mol. The molecule has 15 heteroatoms. The fourth-order valence-electron chi connectivity index (χ4n) is 5.83. The Balaban J connectivity index is 1.24. The number of nitrogens with two attached hydrogens (primary N) is 1. The summed E-state index contributed by atoms with van der Waals surface area (Å²) in [6, 6.07) is 3.40. The number of pyridine rings is 1. The second kappa shape index (κ2) is 13.9. The van der Waals surface area contributed by atoms with E-state index in [9.17, 15) is 17.2 Å². The van der Waals surface area contributed by atoms with Gasteiger partial charge in [-0.1, -0.05) is 6.92 Å². The van der Waals surface area contributed by atoms with Crippen molar-refractivity contribution in [2.75, 3.05) is 55.1 Å². The first-order valence-corrected chi connectivity index (χ1v) is 17.0. The summed E-state index contributed by atoms with van der Waals surface area (Å²) in [5, 5.41) is 11.5. The Morgan fingerprint density at radius 1 is 1.26 bits per heavy atom. The number of hydrogen-bond acceptors (Lipinski definition) is 10. The standard InChI is InChI=1S/C31H38F3N7O4S/c1-19-17-41(18-25(36)29(19)45-11-12-46(2,42)43)27-5-8-37-16-26(27)40-30-38-15-21(39-30)3-4-24(35)28-22(32)13-20(14-23(28)33)31(34)6-9-44-10-7-31/h3-5,8,13-16,19,25,29,35H,6-7,9-12,17-18,36H2,1-2H3,(H2,38,39,40)/b4-3-,35-24?/t19-,25+,29-/m0/s1. The molecule has 2 aliphatic heterocycles. The molecule has 0 bridgehead atoms. The minimum Gasteiger partial charge on any atom is -0.381 e. The highest BCUT2D eigenvalue weighted by molar-refractivity contribution is 7.90. The van der Waals surface area contributed by atoms with Gasteiger partial charge in [0.25, 0.3) is 0 Å². The number of piperidine rings is 1. The lowest BCUT2D eigenvalue weighted by atomic mass is 9.87. The Morgan fingerprint density at radius 3 is 2.65 bits per heavy atom. The fraction of sp³-hybridized carbons (Fsp3) is 0.452. The third-order valence-corrected chi connectivity index (χ3v) is 9.13. The van der Waals surface area contributed by atoms with Crippen molar-refractivity contribution in [3.05, 3.63) is 71.3 Å². The minimum absolute atomic E-state index is 0.00834. The molecule has 0 saturated carbocycles. The molecule has 3 atom stereocenters. The van der Waals surface area contributed by atoms with Crippen LogP contribution in [0.4, 0.5) is 30.5 Å². The van der Waals surface area contributed by atoms with Gasteiger partial charge >= 0.3 is 0 Å². The van der Waals surface area contributed by atoms with E-state index in [0.29, 0.717) is 30.4 Å². The maximum absolute atomic E-state index is 15.2. The van der Waals surface area contributed by atoms with Crippen LogP contribution in [0.15, 0.2) is 42.9 Å². The number of imidazole rings is 1. The van der Waals surface area contributed by atoms with Crippen molar-refractivity contribution < 1.29 is 31.1 Å². The van der Waals surface area contributed by atoms with Gasteiger partial charge in [-0.05, 0) is 35.9 Å². The number of H-pyrrole nitrogens is 1. The fourth-order valence-corrected chi connectivity index (χ4v) is 6.23. The second-order valence-electron chi connectivity index (χ2n) is 11.9. The van der Waals surface area contributed by atoms with E-state index in [2.05, 4.69) is 25.2 Å².